The second-order valence-corrected chi connectivity index (χ2v) is 5.39. The molecule has 1 fully saturated rings. The molecule has 0 aliphatic heterocycles. The van der Waals surface area contributed by atoms with Crippen molar-refractivity contribution >= 4 is 5.97 Å². The highest BCUT2D eigenvalue weighted by molar-refractivity contribution is 5.69. The highest BCUT2D eigenvalue weighted by Gasteiger charge is 2.25. The summed E-state index contributed by atoms with van der Waals surface area (Å²) in [4.78, 5) is 20.9. The zero-order valence-corrected chi connectivity index (χ0v) is 11.9. The van der Waals surface area contributed by atoms with Crippen LogP contribution in [0, 0.1) is 11.8 Å². The fraction of sp³-hybridized carbons (Fsp3) is 0.800. The maximum atomic E-state index is 10.8. The minimum absolute atomic E-state index is 0.114. The standard InChI is InChI=1S/C15H26O4/c1-3-11-18-19-12(2)5-4-6-13-7-9-14(10-8-13)15(16)17/h13-14H,2-11H2,1H3,(H,16,17). The van der Waals surface area contributed by atoms with Gasteiger partial charge < -0.3 is 9.99 Å². The smallest absolute Gasteiger partial charge is 0.306 e. The fourth-order valence-electron chi connectivity index (χ4n) is 2.54. The Kier molecular flexibility index (Phi) is 7.56. The van der Waals surface area contributed by atoms with E-state index in [4.69, 9.17) is 14.9 Å². The molecule has 0 atom stereocenters. The van der Waals surface area contributed by atoms with Crippen LogP contribution in [-0.4, -0.2) is 17.7 Å². The highest BCUT2D eigenvalue weighted by Crippen LogP contribution is 2.32. The van der Waals surface area contributed by atoms with Crippen LogP contribution >= 0.6 is 0 Å². The zero-order chi connectivity index (χ0) is 14.1. The molecule has 1 aliphatic carbocycles. The van der Waals surface area contributed by atoms with Crippen molar-refractivity contribution in [3.8, 4) is 0 Å². The van der Waals surface area contributed by atoms with Crippen LogP contribution < -0.4 is 0 Å². The van der Waals surface area contributed by atoms with Crippen molar-refractivity contribution < 1.29 is 19.7 Å². The van der Waals surface area contributed by atoms with Gasteiger partial charge in [-0.2, -0.15) is 4.89 Å². The third-order valence-corrected chi connectivity index (χ3v) is 3.73. The quantitative estimate of drug-likeness (QED) is 0.298. The molecule has 4 heteroatoms. The Morgan fingerprint density at radius 3 is 2.58 bits per heavy atom. The lowest BCUT2D eigenvalue weighted by atomic mass is 9.80. The van der Waals surface area contributed by atoms with Gasteiger partial charge in [0.05, 0.1) is 12.5 Å². The topological polar surface area (TPSA) is 55.8 Å². The van der Waals surface area contributed by atoms with Crippen molar-refractivity contribution in [1.29, 1.82) is 0 Å². The van der Waals surface area contributed by atoms with Gasteiger partial charge in [-0.3, -0.25) is 4.79 Å². The molecule has 19 heavy (non-hydrogen) atoms. The first-order valence-electron chi connectivity index (χ1n) is 7.33. The van der Waals surface area contributed by atoms with Crippen molar-refractivity contribution in [2.45, 2.75) is 58.3 Å². The van der Waals surface area contributed by atoms with E-state index in [-0.39, 0.29) is 5.92 Å². The lowest BCUT2D eigenvalue weighted by Gasteiger charge is -2.25. The minimum atomic E-state index is -0.631. The summed E-state index contributed by atoms with van der Waals surface area (Å²) in [6.45, 7) is 6.44. The molecule has 0 aromatic carbocycles. The predicted molar refractivity (Wildman–Crippen MR) is 73.4 cm³/mol. The summed E-state index contributed by atoms with van der Waals surface area (Å²) < 4.78 is 0. The zero-order valence-electron chi connectivity index (χ0n) is 11.9. The Labute approximate surface area is 115 Å². The Bertz CT molecular complexity index is 280. The summed E-state index contributed by atoms with van der Waals surface area (Å²) in [5.74, 6) is 0.609. The van der Waals surface area contributed by atoms with Gasteiger partial charge in [0.15, 0.2) is 0 Å². The molecule has 4 nitrogen and oxygen atoms in total. The molecule has 0 unspecified atom stereocenters. The third kappa shape index (κ3) is 6.62. The van der Waals surface area contributed by atoms with Gasteiger partial charge in [0.25, 0.3) is 0 Å². The fourth-order valence-corrected chi connectivity index (χ4v) is 2.54. The molecule has 1 aliphatic rings. The SMILES string of the molecule is C=C(CCCC1CCC(C(=O)O)CC1)OOCCC. The second-order valence-electron chi connectivity index (χ2n) is 5.39. The summed E-state index contributed by atoms with van der Waals surface area (Å²) in [5, 5.41) is 8.93. The van der Waals surface area contributed by atoms with E-state index in [2.05, 4.69) is 6.58 Å². The number of carboxylic acid groups (broad SMARTS) is 1. The molecule has 0 amide bonds. The van der Waals surface area contributed by atoms with Crippen LogP contribution in [0.1, 0.15) is 58.3 Å². The van der Waals surface area contributed by atoms with E-state index in [9.17, 15) is 4.79 Å². The predicted octanol–water partition coefficient (Wildman–Crippen LogP) is 3.92. The van der Waals surface area contributed by atoms with Gasteiger partial charge in [0, 0.05) is 6.42 Å². The highest BCUT2D eigenvalue weighted by atomic mass is 17.2. The molecule has 110 valence electrons. The maximum absolute atomic E-state index is 10.8. The van der Waals surface area contributed by atoms with Crippen LogP contribution in [0.4, 0.5) is 0 Å². The Balaban J connectivity index is 2.04. The molecule has 1 rings (SSSR count). The van der Waals surface area contributed by atoms with Crippen LogP contribution in [0.25, 0.3) is 0 Å². The van der Waals surface area contributed by atoms with Crippen molar-refractivity contribution in [3.63, 3.8) is 0 Å². The van der Waals surface area contributed by atoms with E-state index in [0.717, 1.165) is 51.4 Å². The molecule has 0 radical (unpaired) electrons. The van der Waals surface area contributed by atoms with Gasteiger partial charge in [-0.05, 0) is 44.4 Å². The van der Waals surface area contributed by atoms with E-state index >= 15 is 0 Å². The molecule has 0 heterocycles. The molecule has 1 N–H and O–H groups in total. The first-order valence-corrected chi connectivity index (χ1v) is 7.33. The third-order valence-electron chi connectivity index (χ3n) is 3.73. The number of rotatable bonds is 9. The van der Waals surface area contributed by atoms with Crippen molar-refractivity contribution in [3.05, 3.63) is 12.3 Å². The van der Waals surface area contributed by atoms with Crippen LogP contribution in [0.3, 0.4) is 0 Å². The summed E-state index contributed by atoms with van der Waals surface area (Å²) >= 11 is 0. The van der Waals surface area contributed by atoms with Gasteiger partial charge in [-0.25, -0.2) is 0 Å². The summed E-state index contributed by atoms with van der Waals surface area (Å²) in [6.07, 6.45) is 7.66. The number of allylic oxidation sites excluding steroid dienone is 1. The summed E-state index contributed by atoms with van der Waals surface area (Å²) in [6, 6.07) is 0. The van der Waals surface area contributed by atoms with E-state index in [1.165, 1.54) is 0 Å². The second kappa shape index (κ2) is 8.97. The van der Waals surface area contributed by atoms with Gasteiger partial charge in [0.1, 0.15) is 5.76 Å². The normalized spacial score (nSPS) is 23.0. The average Bonchev–Trinajstić information content (AvgIpc) is 2.39. The first kappa shape index (κ1) is 16.0. The molecule has 0 aromatic rings. The van der Waals surface area contributed by atoms with Crippen molar-refractivity contribution in [1.82, 2.24) is 0 Å². The van der Waals surface area contributed by atoms with Gasteiger partial charge >= 0.3 is 5.97 Å². The van der Waals surface area contributed by atoms with E-state index in [1.54, 1.807) is 0 Å². The minimum Gasteiger partial charge on any atom is -0.481 e. The first-order chi connectivity index (χ1) is 9.13. The molecule has 1 saturated carbocycles. The number of carbonyl (C=O) groups is 1. The lowest BCUT2D eigenvalue weighted by molar-refractivity contribution is -0.263. The average molecular weight is 270 g/mol. The van der Waals surface area contributed by atoms with Gasteiger partial charge in [0.2, 0.25) is 0 Å². The molecule has 0 spiro atoms. The van der Waals surface area contributed by atoms with Crippen LogP contribution in [0.5, 0.6) is 0 Å². The Morgan fingerprint density at radius 1 is 1.32 bits per heavy atom. The largest absolute Gasteiger partial charge is 0.481 e. The number of carboxylic acids is 1. The van der Waals surface area contributed by atoms with Crippen LogP contribution in [0.2, 0.25) is 0 Å². The summed E-state index contributed by atoms with van der Waals surface area (Å²) in [5.41, 5.74) is 0. The number of hydrogen-bond acceptors (Lipinski definition) is 3. The lowest BCUT2D eigenvalue weighted by Crippen LogP contribution is -2.21. The number of aliphatic carboxylic acids is 1. The van der Waals surface area contributed by atoms with E-state index < -0.39 is 5.97 Å². The molecule has 0 aromatic heterocycles. The summed E-state index contributed by atoms with van der Waals surface area (Å²) in [7, 11) is 0. The van der Waals surface area contributed by atoms with Gasteiger partial charge in [-0.15, -0.1) is 0 Å². The number of hydrogen-bond donors (Lipinski definition) is 1. The van der Waals surface area contributed by atoms with E-state index in [0.29, 0.717) is 18.3 Å². The van der Waals surface area contributed by atoms with Crippen molar-refractivity contribution in [2.75, 3.05) is 6.61 Å². The molecule has 0 bridgehead atoms. The van der Waals surface area contributed by atoms with Gasteiger partial charge in [-0.1, -0.05) is 19.9 Å². The molecular weight excluding hydrogens is 244 g/mol. The monoisotopic (exact) mass is 270 g/mol. The van der Waals surface area contributed by atoms with Crippen LogP contribution in [0.15, 0.2) is 12.3 Å². The Morgan fingerprint density at radius 2 is 2.00 bits per heavy atom. The molecule has 0 saturated heterocycles. The van der Waals surface area contributed by atoms with E-state index in [1.807, 2.05) is 6.92 Å². The van der Waals surface area contributed by atoms with Crippen LogP contribution in [-0.2, 0) is 14.6 Å². The maximum Gasteiger partial charge on any atom is 0.306 e. The van der Waals surface area contributed by atoms with Crippen molar-refractivity contribution in [2.24, 2.45) is 11.8 Å². The Hall–Kier alpha value is -1.03. The molecular formula is C15H26O4.